The molecule has 0 spiro atoms. The minimum Gasteiger partial charge on any atom is -0.481 e. The number of pyridine rings is 1. The van der Waals surface area contributed by atoms with Crippen LogP contribution in [0.4, 0.5) is 4.79 Å². The van der Waals surface area contributed by atoms with Crippen molar-refractivity contribution in [1.82, 2.24) is 15.2 Å². The number of aryl methyl sites for hydroxylation is 1. The zero-order chi connectivity index (χ0) is 15.1. The molecule has 2 N–H and O–H groups in total. The number of nitrogens with one attached hydrogen (secondary N) is 1. The van der Waals surface area contributed by atoms with E-state index >= 15 is 0 Å². The highest BCUT2D eigenvalue weighted by Crippen LogP contribution is 2.16. The molecule has 2 amide bonds. The van der Waals surface area contributed by atoms with Gasteiger partial charge in [0.05, 0.1) is 5.92 Å². The SMILES string of the molecule is O=C(O)C1CCCN(C(=O)NCCCc2ccccn2)C1. The Balaban J connectivity index is 1.68. The van der Waals surface area contributed by atoms with Crippen molar-refractivity contribution in [3.63, 3.8) is 0 Å². The van der Waals surface area contributed by atoms with Gasteiger partial charge >= 0.3 is 12.0 Å². The fraction of sp³-hybridized carbons (Fsp3) is 0.533. The molecule has 1 aliphatic heterocycles. The van der Waals surface area contributed by atoms with Gasteiger partial charge in [0.2, 0.25) is 0 Å². The zero-order valence-corrected chi connectivity index (χ0v) is 12.0. The predicted molar refractivity (Wildman–Crippen MR) is 77.9 cm³/mol. The van der Waals surface area contributed by atoms with Crippen LogP contribution in [0, 0.1) is 5.92 Å². The van der Waals surface area contributed by atoms with Crippen LogP contribution in [0.15, 0.2) is 24.4 Å². The lowest BCUT2D eigenvalue weighted by atomic mass is 9.99. The van der Waals surface area contributed by atoms with Crippen LogP contribution in [0.1, 0.15) is 25.0 Å². The number of hydrogen-bond acceptors (Lipinski definition) is 3. The van der Waals surface area contributed by atoms with E-state index in [2.05, 4.69) is 10.3 Å². The van der Waals surface area contributed by atoms with Gasteiger partial charge in [-0.25, -0.2) is 4.79 Å². The number of rotatable bonds is 5. The van der Waals surface area contributed by atoms with E-state index in [1.807, 2.05) is 18.2 Å². The number of aromatic nitrogens is 1. The number of amides is 2. The molecule has 0 radical (unpaired) electrons. The second-order valence-electron chi connectivity index (χ2n) is 5.28. The molecule has 114 valence electrons. The Morgan fingerprint density at radius 3 is 3.00 bits per heavy atom. The molecule has 1 atom stereocenters. The third-order valence-electron chi connectivity index (χ3n) is 3.67. The molecular formula is C15H21N3O3. The van der Waals surface area contributed by atoms with E-state index in [0.717, 1.165) is 25.0 Å². The van der Waals surface area contributed by atoms with E-state index in [0.29, 0.717) is 26.1 Å². The van der Waals surface area contributed by atoms with Crippen molar-refractivity contribution in [3.8, 4) is 0 Å². The normalized spacial score (nSPS) is 18.3. The van der Waals surface area contributed by atoms with Crippen molar-refractivity contribution in [2.45, 2.75) is 25.7 Å². The van der Waals surface area contributed by atoms with Gasteiger partial charge in [0.25, 0.3) is 0 Å². The number of carboxylic acid groups (broad SMARTS) is 1. The summed E-state index contributed by atoms with van der Waals surface area (Å²) in [7, 11) is 0. The van der Waals surface area contributed by atoms with Gasteiger partial charge in [-0.15, -0.1) is 0 Å². The van der Waals surface area contributed by atoms with Crippen LogP contribution < -0.4 is 5.32 Å². The predicted octanol–water partition coefficient (Wildman–Crippen LogP) is 1.52. The maximum Gasteiger partial charge on any atom is 0.317 e. The number of carbonyl (C=O) groups excluding carboxylic acids is 1. The number of nitrogens with zero attached hydrogens (tertiary/aromatic N) is 2. The van der Waals surface area contributed by atoms with E-state index < -0.39 is 11.9 Å². The number of aliphatic carboxylic acids is 1. The van der Waals surface area contributed by atoms with Crippen LogP contribution in [0.5, 0.6) is 0 Å². The largest absolute Gasteiger partial charge is 0.481 e. The second-order valence-corrected chi connectivity index (χ2v) is 5.28. The number of carbonyl (C=O) groups is 2. The van der Waals surface area contributed by atoms with Gasteiger partial charge in [-0.3, -0.25) is 9.78 Å². The monoisotopic (exact) mass is 291 g/mol. The van der Waals surface area contributed by atoms with Crippen LogP contribution in [0.2, 0.25) is 0 Å². The highest BCUT2D eigenvalue weighted by molar-refractivity contribution is 5.76. The van der Waals surface area contributed by atoms with E-state index in [1.165, 1.54) is 0 Å². The summed E-state index contributed by atoms with van der Waals surface area (Å²) in [6.45, 7) is 1.51. The van der Waals surface area contributed by atoms with Crippen molar-refractivity contribution >= 4 is 12.0 Å². The molecule has 6 heteroatoms. The van der Waals surface area contributed by atoms with Gasteiger partial charge in [-0.2, -0.15) is 0 Å². The van der Waals surface area contributed by atoms with Gasteiger partial charge < -0.3 is 15.3 Å². The first-order valence-corrected chi connectivity index (χ1v) is 7.32. The first kappa shape index (κ1) is 15.3. The molecule has 6 nitrogen and oxygen atoms in total. The number of piperidine rings is 1. The quantitative estimate of drug-likeness (QED) is 0.806. The van der Waals surface area contributed by atoms with Crippen molar-refractivity contribution in [2.75, 3.05) is 19.6 Å². The van der Waals surface area contributed by atoms with Crippen molar-refractivity contribution < 1.29 is 14.7 Å². The van der Waals surface area contributed by atoms with Crippen molar-refractivity contribution in [3.05, 3.63) is 30.1 Å². The molecule has 0 saturated carbocycles. The number of hydrogen-bond donors (Lipinski definition) is 2. The van der Waals surface area contributed by atoms with Gasteiger partial charge in [-0.1, -0.05) is 6.07 Å². The molecule has 0 bridgehead atoms. The molecule has 1 aromatic rings. The van der Waals surface area contributed by atoms with Gasteiger partial charge in [-0.05, 0) is 37.8 Å². The third-order valence-corrected chi connectivity index (χ3v) is 3.67. The lowest BCUT2D eigenvalue weighted by Gasteiger charge is -2.30. The molecule has 0 aliphatic carbocycles. The summed E-state index contributed by atoms with van der Waals surface area (Å²) in [6, 6.07) is 5.62. The summed E-state index contributed by atoms with van der Waals surface area (Å²) >= 11 is 0. The maximum absolute atomic E-state index is 12.0. The zero-order valence-electron chi connectivity index (χ0n) is 12.0. The molecule has 2 heterocycles. The molecule has 1 fully saturated rings. The third kappa shape index (κ3) is 4.73. The van der Waals surface area contributed by atoms with Crippen LogP contribution in [0.3, 0.4) is 0 Å². The fourth-order valence-electron chi connectivity index (χ4n) is 2.49. The van der Waals surface area contributed by atoms with E-state index in [-0.39, 0.29) is 6.03 Å². The molecule has 1 aromatic heterocycles. The Morgan fingerprint density at radius 1 is 1.43 bits per heavy atom. The van der Waals surface area contributed by atoms with Crippen molar-refractivity contribution in [2.24, 2.45) is 5.92 Å². The molecule has 2 rings (SSSR count). The first-order chi connectivity index (χ1) is 10.2. The van der Waals surface area contributed by atoms with Gasteiger partial charge in [0, 0.05) is 31.5 Å². The summed E-state index contributed by atoms with van der Waals surface area (Å²) in [4.78, 5) is 28.8. The standard InChI is InChI=1S/C15H21N3O3/c19-14(20)12-5-4-10-18(11-12)15(21)17-9-3-7-13-6-1-2-8-16-13/h1-2,6,8,12H,3-5,7,9-11H2,(H,17,21)(H,19,20). The average molecular weight is 291 g/mol. The van der Waals surface area contributed by atoms with E-state index in [4.69, 9.17) is 5.11 Å². The minimum atomic E-state index is -0.817. The first-order valence-electron chi connectivity index (χ1n) is 7.32. The lowest BCUT2D eigenvalue weighted by molar-refractivity contribution is -0.143. The Bertz CT molecular complexity index is 478. The Morgan fingerprint density at radius 2 is 2.29 bits per heavy atom. The second kappa shape index (κ2) is 7.61. The topological polar surface area (TPSA) is 82.5 Å². The number of urea groups is 1. The molecule has 1 aliphatic rings. The lowest BCUT2D eigenvalue weighted by Crippen LogP contribution is -2.47. The molecule has 1 saturated heterocycles. The van der Waals surface area contributed by atoms with Crippen LogP contribution in [0.25, 0.3) is 0 Å². The highest BCUT2D eigenvalue weighted by Gasteiger charge is 2.27. The van der Waals surface area contributed by atoms with Gasteiger partial charge in [0.15, 0.2) is 0 Å². The smallest absolute Gasteiger partial charge is 0.317 e. The van der Waals surface area contributed by atoms with Crippen LogP contribution in [-0.4, -0.2) is 46.6 Å². The summed E-state index contributed by atoms with van der Waals surface area (Å²) < 4.78 is 0. The number of likely N-dealkylation sites (tertiary alicyclic amines) is 1. The Kier molecular flexibility index (Phi) is 5.54. The molecule has 21 heavy (non-hydrogen) atoms. The van der Waals surface area contributed by atoms with Crippen molar-refractivity contribution in [1.29, 1.82) is 0 Å². The summed E-state index contributed by atoms with van der Waals surface area (Å²) in [5, 5.41) is 11.9. The Hall–Kier alpha value is -2.11. The fourth-order valence-corrected chi connectivity index (χ4v) is 2.49. The maximum atomic E-state index is 12.0. The summed E-state index contributed by atoms with van der Waals surface area (Å²) in [5.41, 5.74) is 1.01. The summed E-state index contributed by atoms with van der Waals surface area (Å²) in [6.07, 6.45) is 4.79. The Labute approximate surface area is 124 Å². The van der Waals surface area contributed by atoms with Gasteiger partial charge in [0.1, 0.15) is 0 Å². The van der Waals surface area contributed by atoms with Crippen LogP contribution in [-0.2, 0) is 11.2 Å². The molecule has 0 aromatic carbocycles. The highest BCUT2D eigenvalue weighted by atomic mass is 16.4. The number of carboxylic acids is 1. The van der Waals surface area contributed by atoms with E-state index in [9.17, 15) is 9.59 Å². The van der Waals surface area contributed by atoms with Crippen LogP contribution >= 0.6 is 0 Å². The average Bonchev–Trinajstić information content (AvgIpc) is 2.52. The minimum absolute atomic E-state index is 0.165. The summed E-state index contributed by atoms with van der Waals surface area (Å²) in [5.74, 6) is -1.25. The molecule has 1 unspecified atom stereocenters. The molecular weight excluding hydrogens is 270 g/mol. The van der Waals surface area contributed by atoms with E-state index in [1.54, 1.807) is 11.1 Å².